The number of aryl methyl sites for hydroxylation is 2. The van der Waals surface area contributed by atoms with Gasteiger partial charge in [-0.3, -0.25) is 4.68 Å². The lowest BCUT2D eigenvalue weighted by molar-refractivity contribution is 0.491. The Hall–Kier alpha value is -1.10. The number of anilines is 1. The van der Waals surface area contributed by atoms with Crippen LogP contribution in [0.1, 0.15) is 49.8 Å². The molecular weight excluding hydrogens is 256 g/mol. The van der Waals surface area contributed by atoms with Crippen molar-refractivity contribution in [3.05, 3.63) is 11.3 Å². The maximum Gasteiger partial charge on any atom is 0.134 e. The summed E-state index contributed by atoms with van der Waals surface area (Å²) < 4.78 is 1.83. The number of rotatable bonds is 6. The summed E-state index contributed by atoms with van der Waals surface area (Å²) >= 11 is 5.10. The average Bonchev–Trinajstić information content (AvgIpc) is 2.93. The lowest BCUT2D eigenvalue weighted by atomic mass is 10.0. The fourth-order valence-electron chi connectivity index (χ4n) is 3.05. The first-order valence-electron chi connectivity index (χ1n) is 7.17. The normalized spacial score (nSPS) is 15.9. The molecule has 106 valence electrons. The Labute approximate surface area is 120 Å². The van der Waals surface area contributed by atoms with Crippen molar-refractivity contribution >= 4 is 23.0 Å². The summed E-state index contributed by atoms with van der Waals surface area (Å²) in [4.78, 5) is 0.420. The minimum Gasteiger partial charge on any atom is -0.389 e. The number of nitrogens with zero attached hydrogens (tertiary/aromatic N) is 2. The second-order valence-corrected chi connectivity index (χ2v) is 5.96. The molecule has 1 aliphatic rings. The smallest absolute Gasteiger partial charge is 0.134 e. The van der Waals surface area contributed by atoms with Crippen LogP contribution in [-0.4, -0.2) is 21.3 Å². The highest BCUT2D eigenvalue weighted by Crippen LogP contribution is 2.28. The number of hydrogen-bond donors (Lipinski definition) is 2. The molecule has 3 N–H and O–H groups in total. The van der Waals surface area contributed by atoms with E-state index in [0.29, 0.717) is 4.99 Å². The minimum atomic E-state index is 0.420. The van der Waals surface area contributed by atoms with E-state index in [1.165, 1.54) is 38.5 Å². The molecule has 0 radical (unpaired) electrons. The molecule has 0 amide bonds. The van der Waals surface area contributed by atoms with Crippen molar-refractivity contribution in [2.75, 3.05) is 11.9 Å². The highest BCUT2D eigenvalue weighted by Gasteiger charge is 2.16. The Morgan fingerprint density at radius 3 is 2.79 bits per heavy atom. The first-order valence-corrected chi connectivity index (χ1v) is 7.57. The van der Waals surface area contributed by atoms with Crippen LogP contribution in [-0.2, 0) is 7.05 Å². The molecular formula is C14H24N4S. The third-order valence-corrected chi connectivity index (χ3v) is 4.23. The number of hydrogen-bond acceptors (Lipinski definition) is 3. The quantitative estimate of drug-likeness (QED) is 0.621. The monoisotopic (exact) mass is 280 g/mol. The molecule has 1 fully saturated rings. The molecule has 1 aromatic rings. The Bertz CT molecular complexity index is 447. The predicted molar refractivity (Wildman–Crippen MR) is 83.5 cm³/mol. The Balaban J connectivity index is 1.86. The SMILES string of the molecule is Cc1nn(C)c(NCCCC2CCCC2)c1C(N)=S. The van der Waals surface area contributed by atoms with Gasteiger partial charge in [-0.05, 0) is 25.7 Å². The molecule has 1 saturated carbocycles. The molecule has 5 heteroatoms. The van der Waals surface area contributed by atoms with Gasteiger partial charge in [0, 0.05) is 13.6 Å². The van der Waals surface area contributed by atoms with Crippen LogP contribution in [0.3, 0.4) is 0 Å². The molecule has 1 heterocycles. The first kappa shape index (κ1) is 14.3. The van der Waals surface area contributed by atoms with E-state index in [4.69, 9.17) is 18.0 Å². The van der Waals surface area contributed by atoms with Gasteiger partial charge in [0.15, 0.2) is 0 Å². The summed E-state index contributed by atoms with van der Waals surface area (Å²) in [5.41, 5.74) is 7.55. The van der Waals surface area contributed by atoms with Gasteiger partial charge >= 0.3 is 0 Å². The van der Waals surface area contributed by atoms with E-state index in [1.807, 2.05) is 18.7 Å². The average molecular weight is 280 g/mol. The Kier molecular flexibility index (Phi) is 4.80. The molecule has 0 aliphatic heterocycles. The molecule has 0 aromatic carbocycles. The maximum absolute atomic E-state index is 5.77. The predicted octanol–water partition coefficient (Wildman–Crippen LogP) is 2.75. The molecule has 0 saturated heterocycles. The second-order valence-electron chi connectivity index (χ2n) is 5.52. The highest BCUT2D eigenvalue weighted by atomic mass is 32.1. The van der Waals surface area contributed by atoms with Crippen LogP contribution >= 0.6 is 12.2 Å². The van der Waals surface area contributed by atoms with Crippen LogP contribution in [0.15, 0.2) is 0 Å². The summed E-state index contributed by atoms with van der Waals surface area (Å²) in [5, 5.41) is 7.82. The van der Waals surface area contributed by atoms with Crippen molar-refractivity contribution in [1.82, 2.24) is 9.78 Å². The van der Waals surface area contributed by atoms with Gasteiger partial charge in [-0.2, -0.15) is 5.10 Å². The Morgan fingerprint density at radius 1 is 1.47 bits per heavy atom. The van der Waals surface area contributed by atoms with Crippen LogP contribution in [0.4, 0.5) is 5.82 Å². The Morgan fingerprint density at radius 2 is 2.16 bits per heavy atom. The zero-order valence-electron chi connectivity index (χ0n) is 11.9. The van der Waals surface area contributed by atoms with Gasteiger partial charge < -0.3 is 11.1 Å². The van der Waals surface area contributed by atoms with Crippen LogP contribution in [0, 0.1) is 12.8 Å². The topological polar surface area (TPSA) is 55.9 Å². The molecule has 4 nitrogen and oxygen atoms in total. The van der Waals surface area contributed by atoms with E-state index in [9.17, 15) is 0 Å². The lowest BCUT2D eigenvalue weighted by Crippen LogP contribution is -2.15. The zero-order chi connectivity index (χ0) is 13.8. The van der Waals surface area contributed by atoms with Gasteiger partial charge in [0.1, 0.15) is 10.8 Å². The standard InChI is InChI=1S/C14H24N4S/c1-10-12(13(15)19)14(18(2)17-10)16-9-5-8-11-6-3-4-7-11/h11,16H,3-9H2,1-2H3,(H2,15,19). The molecule has 1 aliphatic carbocycles. The van der Waals surface area contributed by atoms with Crippen LogP contribution in [0.2, 0.25) is 0 Å². The minimum absolute atomic E-state index is 0.420. The first-order chi connectivity index (χ1) is 9.09. The number of thiocarbonyl (C=S) groups is 1. The van der Waals surface area contributed by atoms with Crippen molar-refractivity contribution in [2.24, 2.45) is 18.7 Å². The third-order valence-electron chi connectivity index (χ3n) is 4.02. The molecule has 0 unspecified atom stereocenters. The van der Waals surface area contributed by atoms with E-state index in [0.717, 1.165) is 29.5 Å². The van der Waals surface area contributed by atoms with Crippen molar-refractivity contribution in [3.8, 4) is 0 Å². The van der Waals surface area contributed by atoms with E-state index >= 15 is 0 Å². The van der Waals surface area contributed by atoms with E-state index in [2.05, 4.69) is 10.4 Å². The molecule has 2 rings (SSSR count). The summed E-state index contributed by atoms with van der Waals surface area (Å²) in [7, 11) is 1.92. The number of nitrogens with one attached hydrogen (secondary N) is 1. The van der Waals surface area contributed by atoms with E-state index < -0.39 is 0 Å². The fraction of sp³-hybridized carbons (Fsp3) is 0.714. The van der Waals surface area contributed by atoms with Gasteiger partial charge in [0.05, 0.1) is 11.3 Å². The maximum atomic E-state index is 5.77. The summed E-state index contributed by atoms with van der Waals surface area (Å²) in [6, 6.07) is 0. The van der Waals surface area contributed by atoms with Gasteiger partial charge in [-0.15, -0.1) is 0 Å². The highest BCUT2D eigenvalue weighted by molar-refractivity contribution is 7.80. The zero-order valence-corrected chi connectivity index (χ0v) is 12.7. The summed E-state index contributed by atoms with van der Waals surface area (Å²) in [5.74, 6) is 1.90. The van der Waals surface area contributed by atoms with Crippen LogP contribution in [0.5, 0.6) is 0 Å². The molecule has 1 aromatic heterocycles. The van der Waals surface area contributed by atoms with Crippen LogP contribution in [0.25, 0.3) is 0 Å². The fourth-order valence-corrected chi connectivity index (χ4v) is 3.30. The van der Waals surface area contributed by atoms with Gasteiger partial charge in [-0.1, -0.05) is 37.9 Å². The lowest BCUT2D eigenvalue weighted by Gasteiger charge is -2.11. The summed E-state index contributed by atoms with van der Waals surface area (Å²) in [6.07, 6.45) is 8.21. The third kappa shape index (κ3) is 3.47. The molecule has 0 atom stereocenters. The summed E-state index contributed by atoms with van der Waals surface area (Å²) in [6.45, 7) is 2.91. The molecule has 0 spiro atoms. The van der Waals surface area contributed by atoms with Gasteiger partial charge in [0.2, 0.25) is 0 Å². The van der Waals surface area contributed by atoms with Crippen molar-refractivity contribution in [3.63, 3.8) is 0 Å². The van der Waals surface area contributed by atoms with Crippen LogP contribution < -0.4 is 11.1 Å². The second kappa shape index (κ2) is 6.37. The van der Waals surface area contributed by atoms with Gasteiger partial charge in [-0.25, -0.2) is 0 Å². The van der Waals surface area contributed by atoms with Crippen molar-refractivity contribution < 1.29 is 0 Å². The molecule has 19 heavy (non-hydrogen) atoms. The number of aromatic nitrogens is 2. The largest absolute Gasteiger partial charge is 0.389 e. The van der Waals surface area contributed by atoms with Gasteiger partial charge in [0.25, 0.3) is 0 Å². The number of nitrogens with two attached hydrogens (primary N) is 1. The van der Waals surface area contributed by atoms with Crippen molar-refractivity contribution in [2.45, 2.75) is 45.4 Å². The van der Waals surface area contributed by atoms with Crippen molar-refractivity contribution in [1.29, 1.82) is 0 Å². The van der Waals surface area contributed by atoms with E-state index in [-0.39, 0.29) is 0 Å². The molecule has 0 bridgehead atoms. The van der Waals surface area contributed by atoms with E-state index in [1.54, 1.807) is 0 Å².